The number of nitrogens with one attached hydrogen (secondary N) is 2. The van der Waals surface area contributed by atoms with Crippen LogP contribution in [-0.2, 0) is 4.79 Å². The van der Waals surface area contributed by atoms with Crippen LogP contribution in [0.4, 0.5) is 5.69 Å². The van der Waals surface area contributed by atoms with E-state index in [0.717, 1.165) is 4.90 Å². The largest absolute Gasteiger partial charge is 0.494 e. The summed E-state index contributed by atoms with van der Waals surface area (Å²) in [5.74, 6) is 1.45. The molecule has 1 aromatic heterocycles. The average molecular weight is 402 g/mol. The number of carbonyl (C=O) groups is 2. The van der Waals surface area contributed by atoms with Gasteiger partial charge in [-0.2, -0.15) is 0 Å². The van der Waals surface area contributed by atoms with Crippen molar-refractivity contribution in [2.45, 2.75) is 13.8 Å². The van der Waals surface area contributed by atoms with Crippen molar-refractivity contribution < 1.29 is 28.4 Å². The Bertz CT molecular complexity index is 814. The van der Waals surface area contributed by atoms with Gasteiger partial charge < -0.3 is 29.0 Å². The van der Waals surface area contributed by atoms with Gasteiger partial charge >= 0.3 is 0 Å². The fourth-order valence-electron chi connectivity index (χ4n) is 3.32. The van der Waals surface area contributed by atoms with E-state index in [2.05, 4.69) is 5.32 Å². The second-order valence-electron chi connectivity index (χ2n) is 6.77. The first kappa shape index (κ1) is 20.7. The van der Waals surface area contributed by atoms with E-state index in [0.29, 0.717) is 68.9 Å². The zero-order chi connectivity index (χ0) is 20.6. The van der Waals surface area contributed by atoms with Crippen molar-refractivity contribution in [3.63, 3.8) is 0 Å². The topological polar surface area (TPSA) is 85.5 Å². The lowest BCUT2D eigenvalue weighted by Gasteiger charge is -2.31. The van der Waals surface area contributed by atoms with Crippen LogP contribution in [-0.4, -0.2) is 62.7 Å². The Hall–Kier alpha value is -3.00. The van der Waals surface area contributed by atoms with Gasteiger partial charge in [-0.15, -0.1) is 0 Å². The summed E-state index contributed by atoms with van der Waals surface area (Å²) in [4.78, 5) is 27.8. The molecule has 29 heavy (non-hydrogen) atoms. The Balaban J connectivity index is 1.53. The molecule has 0 radical (unpaired) electrons. The van der Waals surface area contributed by atoms with Crippen LogP contribution in [0.2, 0.25) is 0 Å². The third kappa shape index (κ3) is 5.51. The van der Waals surface area contributed by atoms with E-state index in [9.17, 15) is 9.59 Å². The molecule has 1 aromatic carbocycles. The molecule has 0 atom stereocenters. The number of nitrogens with zero attached hydrogens (tertiary/aromatic N) is 1. The Morgan fingerprint density at radius 3 is 2.55 bits per heavy atom. The molecule has 0 unspecified atom stereocenters. The molecule has 8 heteroatoms. The van der Waals surface area contributed by atoms with Crippen molar-refractivity contribution in [1.82, 2.24) is 4.90 Å². The van der Waals surface area contributed by atoms with E-state index in [4.69, 9.17) is 13.9 Å². The minimum Gasteiger partial charge on any atom is -0.494 e. The molecule has 3 rings (SSSR count). The molecule has 156 valence electrons. The number of carbonyl (C=O) groups excluding carboxylic acids is 2. The molecule has 8 nitrogen and oxygen atoms in total. The monoisotopic (exact) mass is 402 g/mol. The normalized spacial score (nSPS) is 14.5. The van der Waals surface area contributed by atoms with Crippen LogP contribution in [0.3, 0.4) is 0 Å². The highest BCUT2D eigenvalue weighted by atomic mass is 16.5. The number of piperazine rings is 1. The van der Waals surface area contributed by atoms with Crippen LogP contribution in [0.5, 0.6) is 11.5 Å². The number of amides is 2. The molecule has 2 aromatic rings. The van der Waals surface area contributed by atoms with Crippen molar-refractivity contribution in [2.75, 3.05) is 51.3 Å². The summed E-state index contributed by atoms with van der Waals surface area (Å²) in [5.41, 5.74) is 0.605. The minimum atomic E-state index is -0.104. The van der Waals surface area contributed by atoms with E-state index < -0.39 is 0 Å². The van der Waals surface area contributed by atoms with Crippen LogP contribution in [0.25, 0.3) is 0 Å². The van der Waals surface area contributed by atoms with Crippen molar-refractivity contribution >= 4 is 17.5 Å². The summed E-state index contributed by atoms with van der Waals surface area (Å²) in [6.07, 6.45) is 1.50. The molecular weight excluding hydrogens is 374 g/mol. The first-order valence-electron chi connectivity index (χ1n) is 9.96. The Kier molecular flexibility index (Phi) is 7.13. The number of ether oxygens (including phenoxy) is 2. The van der Waals surface area contributed by atoms with Gasteiger partial charge in [-0.1, -0.05) is 0 Å². The summed E-state index contributed by atoms with van der Waals surface area (Å²) in [6.45, 7) is 7.78. The van der Waals surface area contributed by atoms with Gasteiger partial charge in [-0.05, 0) is 38.1 Å². The van der Waals surface area contributed by atoms with Crippen LogP contribution in [0, 0.1) is 0 Å². The lowest BCUT2D eigenvalue weighted by molar-refractivity contribution is -0.895. The molecule has 2 heterocycles. The van der Waals surface area contributed by atoms with E-state index in [1.54, 1.807) is 29.2 Å². The number of quaternary nitrogens is 1. The van der Waals surface area contributed by atoms with Crippen LogP contribution >= 0.6 is 0 Å². The lowest BCUT2D eigenvalue weighted by atomic mass is 10.2. The van der Waals surface area contributed by atoms with Gasteiger partial charge in [0.2, 0.25) is 0 Å². The second kappa shape index (κ2) is 9.97. The SMILES string of the molecule is CCOc1ccc(OCC)c(NC(=O)C[NH+]2CCN(C(=O)c3ccco3)CC2)c1. The highest BCUT2D eigenvalue weighted by molar-refractivity contribution is 5.93. The number of hydrogen-bond donors (Lipinski definition) is 2. The van der Waals surface area contributed by atoms with Gasteiger partial charge in [-0.3, -0.25) is 9.59 Å². The number of hydrogen-bond acceptors (Lipinski definition) is 5. The highest BCUT2D eigenvalue weighted by Gasteiger charge is 2.27. The van der Waals surface area contributed by atoms with Crippen LogP contribution < -0.4 is 19.7 Å². The fourth-order valence-corrected chi connectivity index (χ4v) is 3.32. The second-order valence-corrected chi connectivity index (χ2v) is 6.77. The summed E-state index contributed by atoms with van der Waals surface area (Å²) in [7, 11) is 0. The highest BCUT2D eigenvalue weighted by Crippen LogP contribution is 2.29. The quantitative estimate of drug-likeness (QED) is 0.690. The number of benzene rings is 1. The van der Waals surface area contributed by atoms with Gasteiger partial charge in [-0.25, -0.2) is 0 Å². The van der Waals surface area contributed by atoms with Crippen LogP contribution in [0.15, 0.2) is 41.0 Å². The standard InChI is InChI=1S/C21H27N3O5/c1-3-27-16-7-8-18(28-4-2)17(14-16)22-20(25)15-23-9-11-24(12-10-23)21(26)19-6-5-13-29-19/h5-8,13-14H,3-4,9-12,15H2,1-2H3,(H,22,25)/p+1. The predicted octanol–water partition coefficient (Wildman–Crippen LogP) is 1.06. The molecule has 1 aliphatic rings. The zero-order valence-corrected chi connectivity index (χ0v) is 16.9. The molecule has 0 bridgehead atoms. The molecule has 0 spiro atoms. The molecule has 1 aliphatic heterocycles. The van der Waals surface area contributed by atoms with Crippen molar-refractivity contribution in [3.05, 3.63) is 42.4 Å². The maximum absolute atomic E-state index is 12.6. The number of furan rings is 1. The molecule has 2 N–H and O–H groups in total. The smallest absolute Gasteiger partial charge is 0.289 e. The third-order valence-electron chi connectivity index (χ3n) is 4.74. The van der Waals surface area contributed by atoms with E-state index in [1.807, 2.05) is 19.9 Å². The maximum Gasteiger partial charge on any atom is 0.289 e. The molecular formula is C21H28N3O5+. The summed E-state index contributed by atoms with van der Waals surface area (Å²) in [6, 6.07) is 8.78. The first-order valence-corrected chi connectivity index (χ1v) is 9.96. The Morgan fingerprint density at radius 2 is 1.90 bits per heavy atom. The van der Waals surface area contributed by atoms with E-state index >= 15 is 0 Å². The van der Waals surface area contributed by atoms with Crippen molar-refractivity contribution in [2.24, 2.45) is 0 Å². The third-order valence-corrected chi connectivity index (χ3v) is 4.74. The predicted molar refractivity (Wildman–Crippen MR) is 108 cm³/mol. The number of rotatable bonds is 8. The summed E-state index contributed by atoms with van der Waals surface area (Å²) in [5, 5.41) is 2.94. The average Bonchev–Trinajstić information content (AvgIpc) is 3.25. The van der Waals surface area contributed by atoms with Crippen molar-refractivity contribution in [1.29, 1.82) is 0 Å². The zero-order valence-electron chi connectivity index (χ0n) is 16.9. The fraction of sp³-hybridized carbons (Fsp3) is 0.429. The lowest BCUT2D eigenvalue weighted by Crippen LogP contribution is -3.15. The van der Waals surface area contributed by atoms with Gasteiger partial charge in [0.05, 0.1) is 51.3 Å². The first-order chi connectivity index (χ1) is 14.1. The Morgan fingerprint density at radius 1 is 1.14 bits per heavy atom. The van der Waals surface area contributed by atoms with Gasteiger partial charge in [0.1, 0.15) is 11.5 Å². The van der Waals surface area contributed by atoms with Gasteiger partial charge in [0.25, 0.3) is 11.8 Å². The maximum atomic E-state index is 12.6. The van der Waals surface area contributed by atoms with E-state index in [-0.39, 0.29) is 11.8 Å². The molecule has 0 aliphatic carbocycles. The van der Waals surface area contributed by atoms with Gasteiger partial charge in [0, 0.05) is 6.07 Å². The Labute approximate surface area is 170 Å². The molecule has 2 amide bonds. The molecule has 1 fully saturated rings. The summed E-state index contributed by atoms with van der Waals surface area (Å²) >= 11 is 0. The summed E-state index contributed by atoms with van der Waals surface area (Å²) < 4.78 is 16.3. The van der Waals surface area contributed by atoms with E-state index in [1.165, 1.54) is 6.26 Å². The molecule has 1 saturated heterocycles. The molecule has 0 saturated carbocycles. The van der Waals surface area contributed by atoms with Crippen molar-refractivity contribution in [3.8, 4) is 11.5 Å². The number of anilines is 1. The van der Waals surface area contributed by atoms with Crippen LogP contribution in [0.1, 0.15) is 24.4 Å². The minimum absolute atomic E-state index is 0.0968. The van der Waals surface area contributed by atoms with Gasteiger partial charge in [0.15, 0.2) is 12.3 Å².